The third kappa shape index (κ3) is 6.17. The van der Waals surface area contributed by atoms with E-state index >= 15 is 0 Å². The number of likely N-dealkylation sites (N-methyl/N-ethyl adjacent to an activating group) is 1. The number of halogens is 3. The zero-order valence-corrected chi connectivity index (χ0v) is 15.0. The van der Waals surface area contributed by atoms with Crippen LogP contribution in [0, 0.1) is 5.92 Å². The smallest absolute Gasteiger partial charge is 0.375 e. The highest BCUT2D eigenvalue weighted by Gasteiger charge is 2.43. The van der Waals surface area contributed by atoms with Gasteiger partial charge in [-0.05, 0) is 39.2 Å². The molecule has 1 aliphatic carbocycles. The molecule has 3 fully saturated rings. The van der Waals surface area contributed by atoms with E-state index in [1.807, 2.05) is 6.92 Å². The standard InChI is InChI=1S/C10H19NO.C7H12F3NO/c1-8(2)11-5-6-12-10(7-11)9-3-4-9;1-2-11-3-4-12-6(5-11)7(8,9)10/h8-10H,3-7H2,1-2H3;6H,2-5H2,1H3. The molecule has 0 aromatic heterocycles. The molecule has 2 aliphatic heterocycles. The Morgan fingerprint density at radius 1 is 1.04 bits per heavy atom. The molecule has 0 aromatic rings. The summed E-state index contributed by atoms with van der Waals surface area (Å²) in [6, 6.07) is 0.690. The third-order valence-electron chi connectivity index (χ3n) is 4.97. The Kier molecular flexibility index (Phi) is 7.34. The normalized spacial score (nSPS) is 30.1. The van der Waals surface area contributed by atoms with Crippen molar-refractivity contribution in [3.05, 3.63) is 0 Å². The second kappa shape index (κ2) is 8.83. The molecule has 0 bridgehead atoms. The van der Waals surface area contributed by atoms with Crippen LogP contribution in [-0.2, 0) is 9.47 Å². The molecule has 2 unspecified atom stereocenters. The molecule has 0 N–H and O–H groups in total. The minimum Gasteiger partial charge on any atom is -0.375 e. The van der Waals surface area contributed by atoms with Crippen LogP contribution in [0.15, 0.2) is 0 Å². The molecule has 0 aromatic carbocycles. The van der Waals surface area contributed by atoms with Crippen LogP contribution in [0.4, 0.5) is 13.2 Å². The molecule has 2 atom stereocenters. The fourth-order valence-corrected chi connectivity index (χ4v) is 3.11. The number of nitrogens with zero attached hydrogens (tertiary/aromatic N) is 2. The molecule has 1 saturated carbocycles. The van der Waals surface area contributed by atoms with Crippen molar-refractivity contribution in [1.82, 2.24) is 9.80 Å². The lowest BCUT2D eigenvalue weighted by atomic mass is 10.1. The van der Waals surface area contributed by atoms with Crippen LogP contribution in [0.2, 0.25) is 0 Å². The lowest BCUT2D eigenvalue weighted by molar-refractivity contribution is -0.236. The summed E-state index contributed by atoms with van der Waals surface area (Å²) in [5, 5.41) is 0. The summed E-state index contributed by atoms with van der Waals surface area (Å²) in [5.41, 5.74) is 0. The molecule has 142 valence electrons. The summed E-state index contributed by atoms with van der Waals surface area (Å²) in [6.45, 7) is 11.0. The average molecular weight is 352 g/mol. The van der Waals surface area contributed by atoms with Crippen LogP contribution in [0.5, 0.6) is 0 Å². The fourth-order valence-electron chi connectivity index (χ4n) is 3.11. The number of alkyl halides is 3. The summed E-state index contributed by atoms with van der Waals surface area (Å²) < 4.78 is 46.6. The molecule has 3 aliphatic rings. The van der Waals surface area contributed by atoms with E-state index < -0.39 is 12.3 Å². The van der Waals surface area contributed by atoms with Crippen molar-refractivity contribution in [3.63, 3.8) is 0 Å². The zero-order chi connectivity index (χ0) is 17.7. The number of hydrogen-bond donors (Lipinski definition) is 0. The van der Waals surface area contributed by atoms with Gasteiger partial charge in [0.1, 0.15) is 0 Å². The topological polar surface area (TPSA) is 24.9 Å². The van der Waals surface area contributed by atoms with E-state index in [9.17, 15) is 13.2 Å². The molecular formula is C17H31F3N2O2. The number of rotatable bonds is 3. The van der Waals surface area contributed by atoms with Crippen LogP contribution >= 0.6 is 0 Å². The van der Waals surface area contributed by atoms with Gasteiger partial charge in [0.2, 0.25) is 0 Å². The van der Waals surface area contributed by atoms with E-state index in [1.54, 1.807) is 4.90 Å². The highest BCUT2D eigenvalue weighted by atomic mass is 19.4. The molecule has 7 heteroatoms. The third-order valence-corrected chi connectivity index (χ3v) is 4.97. The highest BCUT2D eigenvalue weighted by molar-refractivity contribution is 4.87. The van der Waals surface area contributed by atoms with Crippen molar-refractivity contribution in [2.45, 2.75) is 58.0 Å². The van der Waals surface area contributed by atoms with Gasteiger partial charge in [-0.2, -0.15) is 13.2 Å². The van der Waals surface area contributed by atoms with Gasteiger partial charge < -0.3 is 9.47 Å². The summed E-state index contributed by atoms with van der Waals surface area (Å²) in [6.07, 6.45) is -2.45. The van der Waals surface area contributed by atoms with Crippen LogP contribution < -0.4 is 0 Å². The summed E-state index contributed by atoms with van der Waals surface area (Å²) in [7, 11) is 0. The summed E-state index contributed by atoms with van der Waals surface area (Å²) in [4.78, 5) is 4.27. The quantitative estimate of drug-likeness (QED) is 0.780. The van der Waals surface area contributed by atoms with Crippen molar-refractivity contribution >= 4 is 0 Å². The van der Waals surface area contributed by atoms with Crippen LogP contribution in [0.3, 0.4) is 0 Å². The fraction of sp³-hybridized carbons (Fsp3) is 1.00. The Morgan fingerprint density at radius 2 is 1.71 bits per heavy atom. The maximum absolute atomic E-state index is 12.1. The first-order valence-electron chi connectivity index (χ1n) is 9.07. The first-order valence-corrected chi connectivity index (χ1v) is 9.07. The highest BCUT2D eigenvalue weighted by Crippen LogP contribution is 2.35. The van der Waals surface area contributed by atoms with Crippen molar-refractivity contribution in [2.75, 3.05) is 45.9 Å². The van der Waals surface area contributed by atoms with E-state index in [4.69, 9.17) is 4.74 Å². The zero-order valence-electron chi connectivity index (χ0n) is 15.0. The predicted molar refractivity (Wildman–Crippen MR) is 87.1 cm³/mol. The van der Waals surface area contributed by atoms with Crippen molar-refractivity contribution in [2.24, 2.45) is 5.92 Å². The monoisotopic (exact) mass is 352 g/mol. The Bertz CT molecular complexity index is 367. The van der Waals surface area contributed by atoms with Crippen LogP contribution in [0.1, 0.15) is 33.6 Å². The average Bonchev–Trinajstić information content (AvgIpc) is 3.40. The largest absolute Gasteiger partial charge is 0.415 e. The number of hydrogen-bond acceptors (Lipinski definition) is 4. The molecule has 2 heterocycles. The maximum atomic E-state index is 12.1. The van der Waals surface area contributed by atoms with Gasteiger partial charge >= 0.3 is 6.18 Å². The molecule has 0 spiro atoms. The van der Waals surface area contributed by atoms with E-state index in [0.29, 0.717) is 25.2 Å². The van der Waals surface area contributed by atoms with Crippen molar-refractivity contribution in [1.29, 1.82) is 0 Å². The molecule has 3 rings (SSSR count). The number of morpholine rings is 2. The molecule has 24 heavy (non-hydrogen) atoms. The lowest BCUT2D eigenvalue weighted by Crippen LogP contribution is -2.48. The van der Waals surface area contributed by atoms with E-state index in [0.717, 1.165) is 19.1 Å². The van der Waals surface area contributed by atoms with Gasteiger partial charge in [-0.25, -0.2) is 0 Å². The minimum absolute atomic E-state index is 0.0278. The molecule has 2 saturated heterocycles. The van der Waals surface area contributed by atoms with E-state index in [-0.39, 0.29) is 13.2 Å². The Labute approximate surface area is 143 Å². The second-order valence-electron chi connectivity index (χ2n) is 7.13. The van der Waals surface area contributed by atoms with Gasteiger partial charge in [0.15, 0.2) is 6.10 Å². The van der Waals surface area contributed by atoms with Crippen molar-refractivity contribution in [3.8, 4) is 0 Å². The van der Waals surface area contributed by atoms with Gasteiger partial charge in [-0.3, -0.25) is 9.80 Å². The van der Waals surface area contributed by atoms with Crippen LogP contribution in [0.25, 0.3) is 0 Å². The molecule has 0 amide bonds. The first kappa shape index (κ1) is 19.9. The number of ether oxygens (including phenoxy) is 2. The first-order chi connectivity index (χ1) is 11.3. The lowest BCUT2D eigenvalue weighted by Gasteiger charge is -2.35. The SMILES string of the molecule is CC(C)N1CCOC(C2CC2)C1.CCN1CCOC(C(F)(F)F)C1. The maximum Gasteiger partial charge on any atom is 0.415 e. The van der Waals surface area contributed by atoms with Gasteiger partial charge in [0.25, 0.3) is 0 Å². The van der Waals surface area contributed by atoms with Gasteiger partial charge in [0.05, 0.1) is 19.3 Å². The molecule has 0 radical (unpaired) electrons. The minimum atomic E-state index is -4.21. The Morgan fingerprint density at radius 3 is 2.25 bits per heavy atom. The van der Waals surface area contributed by atoms with E-state index in [2.05, 4.69) is 23.5 Å². The van der Waals surface area contributed by atoms with Gasteiger partial charge in [-0.1, -0.05) is 6.92 Å². The van der Waals surface area contributed by atoms with E-state index in [1.165, 1.54) is 19.4 Å². The summed E-state index contributed by atoms with van der Waals surface area (Å²) in [5.74, 6) is 0.895. The second-order valence-corrected chi connectivity index (χ2v) is 7.13. The van der Waals surface area contributed by atoms with Crippen molar-refractivity contribution < 1.29 is 22.6 Å². The molecule has 4 nitrogen and oxygen atoms in total. The van der Waals surface area contributed by atoms with Gasteiger partial charge in [-0.15, -0.1) is 0 Å². The molecular weight excluding hydrogens is 321 g/mol. The van der Waals surface area contributed by atoms with Crippen LogP contribution in [-0.4, -0.2) is 80.2 Å². The predicted octanol–water partition coefficient (Wildman–Crippen LogP) is 2.78. The Hall–Kier alpha value is -0.370. The summed E-state index contributed by atoms with van der Waals surface area (Å²) >= 11 is 0. The van der Waals surface area contributed by atoms with Gasteiger partial charge in [0, 0.05) is 32.2 Å². The Balaban J connectivity index is 0.000000174.